The van der Waals surface area contributed by atoms with Crippen LogP contribution in [0.25, 0.3) is 10.9 Å². The summed E-state index contributed by atoms with van der Waals surface area (Å²) < 4.78 is 12.0. The smallest absolute Gasteiger partial charge is 0.250 e. The Kier molecular flexibility index (Phi) is 2.56. The number of fused-ring (bicyclic) bond motifs is 1. The maximum Gasteiger partial charge on any atom is 0.250 e. The van der Waals surface area contributed by atoms with Crippen LogP contribution in [0.3, 0.4) is 0 Å². The molecule has 1 aromatic carbocycles. The Hall–Kier alpha value is -1.97. The molecule has 0 aliphatic carbocycles. The molecular formula is C12H13NO3. The third-order valence-corrected chi connectivity index (χ3v) is 2.63. The first-order valence-corrected chi connectivity index (χ1v) is 4.89. The van der Waals surface area contributed by atoms with Crippen LogP contribution >= 0.6 is 0 Å². The molecule has 0 radical (unpaired) electrons. The second kappa shape index (κ2) is 3.89. The summed E-state index contributed by atoms with van der Waals surface area (Å²) in [4.78, 5) is 11.5. The van der Waals surface area contributed by atoms with Crippen molar-refractivity contribution >= 4 is 10.9 Å². The van der Waals surface area contributed by atoms with Crippen LogP contribution in [0.1, 0.15) is 0 Å². The standard InChI is InChI=1S/C12H13NO3/c1-13-10-6-8(15-2)7-11(16-3)9(10)4-5-12(13)14/h4-7H,1-3H3. The Morgan fingerprint density at radius 2 is 1.88 bits per heavy atom. The van der Waals surface area contributed by atoms with Crippen LogP contribution in [-0.4, -0.2) is 18.8 Å². The monoisotopic (exact) mass is 219 g/mol. The zero-order chi connectivity index (χ0) is 11.7. The normalized spacial score (nSPS) is 10.4. The first-order valence-electron chi connectivity index (χ1n) is 4.89. The van der Waals surface area contributed by atoms with Gasteiger partial charge in [0.05, 0.1) is 19.7 Å². The maximum atomic E-state index is 11.5. The van der Waals surface area contributed by atoms with Gasteiger partial charge in [0.25, 0.3) is 5.56 Å². The molecule has 2 rings (SSSR count). The molecule has 1 aromatic heterocycles. The Bertz CT molecular complexity index is 587. The molecule has 16 heavy (non-hydrogen) atoms. The number of benzene rings is 1. The van der Waals surface area contributed by atoms with Crippen molar-refractivity contribution in [2.45, 2.75) is 0 Å². The summed E-state index contributed by atoms with van der Waals surface area (Å²) in [5.41, 5.74) is 0.742. The molecule has 1 heterocycles. The van der Waals surface area contributed by atoms with Gasteiger partial charge in [-0.2, -0.15) is 0 Å². The van der Waals surface area contributed by atoms with E-state index in [-0.39, 0.29) is 5.56 Å². The van der Waals surface area contributed by atoms with Gasteiger partial charge >= 0.3 is 0 Å². The van der Waals surface area contributed by atoms with Gasteiger partial charge in [-0.25, -0.2) is 0 Å². The van der Waals surface area contributed by atoms with Gasteiger partial charge in [0, 0.05) is 30.6 Å². The van der Waals surface area contributed by atoms with Crippen molar-refractivity contribution in [1.82, 2.24) is 4.57 Å². The Morgan fingerprint density at radius 1 is 1.12 bits per heavy atom. The lowest BCUT2D eigenvalue weighted by Crippen LogP contribution is -2.15. The van der Waals surface area contributed by atoms with Crippen molar-refractivity contribution in [3.05, 3.63) is 34.6 Å². The zero-order valence-electron chi connectivity index (χ0n) is 9.48. The molecule has 2 aromatic rings. The van der Waals surface area contributed by atoms with Gasteiger partial charge in [0.1, 0.15) is 11.5 Å². The summed E-state index contributed by atoms with van der Waals surface area (Å²) >= 11 is 0. The van der Waals surface area contributed by atoms with Gasteiger partial charge in [-0.15, -0.1) is 0 Å². The largest absolute Gasteiger partial charge is 0.497 e. The first kappa shape index (κ1) is 10.5. The second-order valence-electron chi connectivity index (χ2n) is 3.49. The summed E-state index contributed by atoms with van der Waals surface area (Å²) in [5.74, 6) is 1.37. The molecule has 0 aliphatic heterocycles. The number of hydrogen-bond donors (Lipinski definition) is 0. The van der Waals surface area contributed by atoms with Gasteiger partial charge in [-0.1, -0.05) is 0 Å². The van der Waals surface area contributed by atoms with E-state index < -0.39 is 0 Å². The number of aromatic nitrogens is 1. The van der Waals surface area contributed by atoms with E-state index in [1.807, 2.05) is 6.07 Å². The molecule has 0 bridgehead atoms. The quantitative estimate of drug-likeness (QED) is 0.769. The minimum atomic E-state index is -0.0530. The van der Waals surface area contributed by atoms with Crippen LogP contribution in [0, 0.1) is 0 Å². The number of ether oxygens (including phenoxy) is 2. The minimum absolute atomic E-state index is 0.0530. The van der Waals surface area contributed by atoms with Gasteiger partial charge in [0.2, 0.25) is 0 Å². The maximum absolute atomic E-state index is 11.5. The highest BCUT2D eigenvalue weighted by Gasteiger charge is 2.07. The van der Waals surface area contributed by atoms with E-state index in [9.17, 15) is 4.79 Å². The van der Waals surface area contributed by atoms with Crippen molar-refractivity contribution in [2.24, 2.45) is 7.05 Å². The van der Waals surface area contributed by atoms with Crippen LogP contribution in [0.15, 0.2) is 29.1 Å². The summed E-state index contributed by atoms with van der Waals surface area (Å²) in [6.45, 7) is 0. The number of nitrogens with zero attached hydrogens (tertiary/aromatic N) is 1. The average Bonchev–Trinajstić information content (AvgIpc) is 2.32. The Balaban J connectivity index is 2.89. The molecule has 0 N–H and O–H groups in total. The minimum Gasteiger partial charge on any atom is -0.497 e. The van der Waals surface area contributed by atoms with Crippen LogP contribution in [0.5, 0.6) is 11.5 Å². The van der Waals surface area contributed by atoms with Crippen LogP contribution in [0.2, 0.25) is 0 Å². The van der Waals surface area contributed by atoms with Gasteiger partial charge in [-0.3, -0.25) is 4.79 Å². The van der Waals surface area contributed by atoms with E-state index in [4.69, 9.17) is 9.47 Å². The fraction of sp³-hybridized carbons (Fsp3) is 0.250. The molecule has 0 atom stereocenters. The van der Waals surface area contributed by atoms with Crippen molar-refractivity contribution < 1.29 is 9.47 Å². The van der Waals surface area contributed by atoms with E-state index in [0.717, 1.165) is 10.9 Å². The molecule has 0 saturated heterocycles. The van der Waals surface area contributed by atoms with Crippen LogP contribution in [-0.2, 0) is 7.05 Å². The molecule has 0 unspecified atom stereocenters. The molecule has 0 fully saturated rings. The average molecular weight is 219 g/mol. The third kappa shape index (κ3) is 1.52. The van der Waals surface area contributed by atoms with Crippen molar-refractivity contribution in [2.75, 3.05) is 14.2 Å². The SMILES string of the molecule is COc1cc(OC)c2ccc(=O)n(C)c2c1. The molecule has 0 spiro atoms. The number of pyridine rings is 1. The molecular weight excluding hydrogens is 206 g/mol. The Morgan fingerprint density at radius 3 is 2.50 bits per heavy atom. The second-order valence-corrected chi connectivity index (χ2v) is 3.49. The highest BCUT2D eigenvalue weighted by atomic mass is 16.5. The van der Waals surface area contributed by atoms with E-state index >= 15 is 0 Å². The summed E-state index contributed by atoms with van der Waals surface area (Å²) in [7, 11) is 4.91. The van der Waals surface area contributed by atoms with Crippen molar-refractivity contribution in [3.8, 4) is 11.5 Å². The van der Waals surface area contributed by atoms with Gasteiger partial charge in [0.15, 0.2) is 0 Å². The molecule has 0 aliphatic rings. The van der Waals surface area contributed by atoms with Crippen LogP contribution < -0.4 is 15.0 Å². The van der Waals surface area contributed by atoms with Crippen molar-refractivity contribution in [3.63, 3.8) is 0 Å². The summed E-state index contributed by atoms with van der Waals surface area (Å²) in [6.07, 6.45) is 0. The van der Waals surface area contributed by atoms with Gasteiger partial charge < -0.3 is 14.0 Å². The molecule has 84 valence electrons. The number of methoxy groups -OCH3 is 2. The highest BCUT2D eigenvalue weighted by molar-refractivity contribution is 5.87. The van der Waals surface area contributed by atoms with E-state index in [1.165, 1.54) is 6.07 Å². The number of hydrogen-bond acceptors (Lipinski definition) is 3. The fourth-order valence-electron chi connectivity index (χ4n) is 1.70. The Labute approximate surface area is 93.0 Å². The first-order chi connectivity index (χ1) is 7.67. The molecule has 4 heteroatoms. The fourth-order valence-corrected chi connectivity index (χ4v) is 1.70. The lowest BCUT2D eigenvalue weighted by molar-refractivity contribution is 0.397. The highest BCUT2D eigenvalue weighted by Crippen LogP contribution is 2.29. The zero-order valence-corrected chi connectivity index (χ0v) is 9.48. The predicted molar refractivity (Wildman–Crippen MR) is 62.3 cm³/mol. The molecule has 4 nitrogen and oxygen atoms in total. The lowest BCUT2D eigenvalue weighted by atomic mass is 10.2. The predicted octanol–water partition coefficient (Wildman–Crippen LogP) is 1.56. The topological polar surface area (TPSA) is 40.5 Å². The lowest BCUT2D eigenvalue weighted by Gasteiger charge is -2.10. The van der Waals surface area contributed by atoms with E-state index in [0.29, 0.717) is 11.5 Å². The molecule has 0 saturated carbocycles. The van der Waals surface area contributed by atoms with Crippen LogP contribution in [0.4, 0.5) is 0 Å². The van der Waals surface area contributed by atoms with Gasteiger partial charge in [-0.05, 0) is 6.07 Å². The summed E-state index contributed by atoms with van der Waals surface area (Å²) in [6, 6.07) is 6.90. The van der Waals surface area contributed by atoms with E-state index in [1.54, 1.807) is 38.0 Å². The van der Waals surface area contributed by atoms with E-state index in [2.05, 4.69) is 0 Å². The number of rotatable bonds is 2. The summed E-state index contributed by atoms with van der Waals surface area (Å²) in [5, 5.41) is 0.894. The number of aryl methyl sites for hydroxylation is 1. The van der Waals surface area contributed by atoms with Crippen molar-refractivity contribution in [1.29, 1.82) is 0 Å². The molecule has 0 amide bonds. The third-order valence-electron chi connectivity index (χ3n) is 2.63.